The van der Waals surface area contributed by atoms with Gasteiger partial charge in [0.2, 0.25) is 5.88 Å². The summed E-state index contributed by atoms with van der Waals surface area (Å²) in [4.78, 5) is 20.9. The van der Waals surface area contributed by atoms with Crippen LogP contribution in [0, 0.1) is 0 Å². The summed E-state index contributed by atoms with van der Waals surface area (Å²) in [7, 11) is 0. The second kappa shape index (κ2) is 6.48. The van der Waals surface area contributed by atoms with Crippen molar-refractivity contribution in [1.29, 1.82) is 0 Å². The van der Waals surface area contributed by atoms with Crippen LogP contribution in [0.5, 0.6) is 5.88 Å². The van der Waals surface area contributed by atoms with E-state index in [9.17, 15) is 4.79 Å². The van der Waals surface area contributed by atoms with Gasteiger partial charge in [0.1, 0.15) is 11.2 Å². The molecule has 2 heterocycles. The summed E-state index contributed by atoms with van der Waals surface area (Å²) in [5, 5.41) is 6.19. The van der Waals surface area contributed by atoms with E-state index in [0.29, 0.717) is 21.6 Å². The van der Waals surface area contributed by atoms with Crippen LogP contribution < -0.4 is 10.1 Å². The molecule has 0 atom stereocenters. The minimum absolute atomic E-state index is 0.180. The normalized spacial score (nSPS) is 10.6. The van der Waals surface area contributed by atoms with Gasteiger partial charge in [-0.1, -0.05) is 23.2 Å². The molecule has 1 aromatic carbocycles. The quantitative estimate of drug-likeness (QED) is 0.769. The van der Waals surface area contributed by atoms with Gasteiger partial charge >= 0.3 is 0 Å². The molecule has 0 bridgehead atoms. The van der Waals surface area contributed by atoms with Crippen molar-refractivity contribution in [3.05, 3.63) is 46.0 Å². The molecule has 0 aliphatic rings. The number of amides is 1. The van der Waals surface area contributed by atoms with E-state index in [1.54, 1.807) is 18.2 Å². The highest BCUT2D eigenvalue weighted by molar-refractivity contribution is 7.16. The van der Waals surface area contributed by atoms with Crippen LogP contribution in [0.3, 0.4) is 0 Å². The first-order chi connectivity index (χ1) is 10.6. The third kappa shape index (κ3) is 3.30. The highest BCUT2D eigenvalue weighted by Gasteiger charge is 2.10. The minimum atomic E-state index is -0.341. The zero-order chi connectivity index (χ0) is 15.5. The predicted octanol–water partition coefficient (Wildman–Crippen LogP) is 4.02. The molecule has 1 N–H and O–H groups in total. The van der Waals surface area contributed by atoms with E-state index in [4.69, 9.17) is 27.9 Å². The van der Waals surface area contributed by atoms with E-state index in [0.717, 1.165) is 10.2 Å². The van der Waals surface area contributed by atoms with Crippen LogP contribution in [-0.4, -0.2) is 22.5 Å². The van der Waals surface area contributed by atoms with Crippen LogP contribution >= 0.6 is 34.5 Å². The number of halogens is 2. The first-order valence-electron chi connectivity index (χ1n) is 6.19. The standard InChI is InChI=1S/C14H9Cl2N3O2S/c15-8-1-2-11(10(16)5-8)19-12(20)6-21-13-9-3-4-22-14(9)18-7-17-13/h1-5,7H,6H2,(H,19,20). The highest BCUT2D eigenvalue weighted by atomic mass is 35.5. The maximum Gasteiger partial charge on any atom is 0.262 e. The number of anilines is 1. The molecule has 0 saturated carbocycles. The third-order valence-electron chi connectivity index (χ3n) is 2.77. The van der Waals surface area contributed by atoms with Gasteiger partial charge in [-0.15, -0.1) is 11.3 Å². The summed E-state index contributed by atoms with van der Waals surface area (Å²) >= 11 is 13.3. The van der Waals surface area contributed by atoms with E-state index in [1.807, 2.05) is 11.4 Å². The lowest BCUT2D eigenvalue weighted by Crippen LogP contribution is -2.20. The highest BCUT2D eigenvalue weighted by Crippen LogP contribution is 2.26. The van der Waals surface area contributed by atoms with Gasteiger partial charge in [-0.2, -0.15) is 0 Å². The lowest BCUT2D eigenvalue weighted by Gasteiger charge is -2.08. The Hall–Kier alpha value is -1.89. The van der Waals surface area contributed by atoms with Crippen LogP contribution in [0.1, 0.15) is 0 Å². The van der Waals surface area contributed by atoms with E-state index in [-0.39, 0.29) is 12.5 Å². The molecular weight excluding hydrogens is 345 g/mol. The van der Waals surface area contributed by atoms with Crippen LogP contribution in [0.15, 0.2) is 36.0 Å². The fourth-order valence-corrected chi connectivity index (χ4v) is 2.97. The van der Waals surface area contributed by atoms with Gasteiger partial charge in [0.25, 0.3) is 5.91 Å². The molecule has 0 aliphatic carbocycles. The molecular formula is C14H9Cl2N3O2S. The smallest absolute Gasteiger partial charge is 0.262 e. The van der Waals surface area contributed by atoms with Crippen molar-refractivity contribution in [3.63, 3.8) is 0 Å². The van der Waals surface area contributed by atoms with E-state index < -0.39 is 0 Å². The van der Waals surface area contributed by atoms with Gasteiger partial charge in [0.15, 0.2) is 6.61 Å². The molecule has 112 valence electrons. The van der Waals surface area contributed by atoms with E-state index in [2.05, 4.69) is 15.3 Å². The first kappa shape index (κ1) is 15.0. The molecule has 1 amide bonds. The second-order valence-electron chi connectivity index (χ2n) is 4.28. The summed E-state index contributed by atoms with van der Waals surface area (Å²) in [6.45, 7) is -0.180. The Morgan fingerprint density at radius 2 is 2.14 bits per heavy atom. The van der Waals surface area contributed by atoms with Gasteiger partial charge in [0, 0.05) is 5.02 Å². The van der Waals surface area contributed by atoms with E-state index >= 15 is 0 Å². The average Bonchev–Trinajstić information content (AvgIpc) is 2.97. The van der Waals surface area contributed by atoms with Crippen molar-refractivity contribution in [1.82, 2.24) is 9.97 Å². The number of carbonyl (C=O) groups excluding carboxylic acids is 1. The fourth-order valence-electron chi connectivity index (χ4n) is 1.79. The maximum atomic E-state index is 11.9. The zero-order valence-corrected chi connectivity index (χ0v) is 13.4. The SMILES string of the molecule is O=C(COc1ncnc2sccc12)Nc1ccc(Cl)cc1Cl. The van der Waals surface area contributed by atoms with Gasteiger partial charge in [0.05, 0.1) is 16.1 Å². The minimum Gasteiger partial charge on any atom is -0.467 e. The Bertz CT molecular complexity index is 838. The van der Waals surface area contributed by atoms with E-state index in [1.165, 1.54) is 17.7 Å². The van der Waals surface area contributed by atoms with Crippen molar-refractivity contribution in [2.75, 3.05) is 11.9 Å². The number of fused-ring (bicyclic) bond motifs is 1. The topological polar surface area (TPSA) is 64.1 Å². The Morgan fingerprint density at radius 3 is 2.95 bits per heavy atom. The molecule has 3 rings (SSSR count). The Balaban J connectivity index is 1.66. The lowest BCUT2D eigenvalue weighted by molar-refractivity contribution is -0.118. The number of hydrogen-bond acceptors (Lipinski definition) is 5. The molecule has 8 heteroatoms. The Labute approximate surface area is 139 Å². The summed E-state index contributed by atoms with van der Waals surface area (Å²) in [5.74, 6) is 0.0369. The average molecular weight is 354 g/mol. The molecule has 0 aliphatic heterocycles. The Morgan fingerprint density at radius 1 is 1.27 bits per heavy atom. The molecule has 2 aromatic heterocycles. The number of ether oxygens (including phenoxy) is 1. The number of nitrogens with zero attached hydrogens (tertiary/aromatic N) is 2. The van der Waals surface area contributed by atoms with Crippen molar-refractivity contribution in [2.45, 2.75) is 0 Å². The summed E-state index contributed by atoms with van der Waals surface area (Å²) in [6.07, 6.45) is 1.40. The van der Waals surface area contributed by atoms with Gasteiger partial charge in [-0.25, -0.2) is 9.97 Å². The number of thiophene rings is 1. The zero-order valence-electron chi connectivity index (χ0n) is 11.0. The predicted molar refractivity (Wildman–Crippen MR) is 88.0 cm³/mol. The summed E-state index contributed by atoms with van der Waals surface area (Å²) in [5.41, 5.74) is 0.475. The number of aromatic nitrogens is 2. The van der Waals surface area contributed by atoms with Crippen LogP contribution in [-0.2, 0) is 4.79 Å². The molecule has 5 nitrogen and oxygen atoms in total. The van der Waals surface area contributed by atoms with Crippen molar-refractivity contribution in [3.8, 4) is 5.88 Å². The molecule has 0 spiro atoms. The van der Waals surface area contributed by atoms with Crippen molar-refractivity contribution >= 4 is 56.3 Å². The molecule has 3 aromatic rings. The fraction of sp³-hybridized carbons (Fsp3) is 0.0714. The Kier molecular flexibility index (Phi) is 4.42. The number of nitrogens with one attached hydrogen (secondary N) is 1. The van der Waals surface area contributed by atoms with Crippen molar-refractivity contribution in [2.24, 2.45) is 0 Å². The molecule has 22 heavy (non-hydrogen) atoms. The molecule has 0 radical (unpaired) electrons. The van der Waals surface area contributed by atoms with Crippen LogP contribution in [0.4, 0.5) is 5.69 Å². The van der Waals surface area contributed by atoms with Gasteiger partial charge in [-0.05, 0) is 29.6 Å². The van der Waals surface area contributed by atoms with Gasteiger partial charge in [-0.3, -0.25) is 4.79 Å². The number of hydrogen-bond donors (Lipinski definition) is 1. The summed E-state index contributed by atoms with van der Waals surface area (Å²) in [6, 6.07) is 6.68. The van der Waals surface area contributed by atoms with Gasteiger partial charge < -0.3 is 10.1 Å². The summed E-state index contributed by atoms with van der Waals surface area (Å²) < 4.78 is 5.45. The number of rotatable bonds is 4. The largest absolute Gasteiger partial charge is 0.467 e. The monoisotopic (exact) mass is 353 g/mol. The lowest BCUT2D eigenvalue weighted by atomic mass is 10.3. The van der Waals surface area contributed by atoms with Crippen molar-refractivity contribution < 1.29 is 9.53 Å². The second-order valence-corrected chi connectivity index (χ2v) is 6.02. The first-order valence-corrected chi connectivity index (χ1v) is 7.83. The molecule has 0 fully saturated rings. The molecule has 0 saturated heterocycles. The maximum absolute atomic E-state index is 11.9. The molecule has 0 unspecified atom stereocenters. The third-order valence-corrected chi connectivity index (χ3v) is 4.14. The van der Waals surface area contributed by atoms with Crippen LogP contribution in [0.2, 0.25) is 10.0 Å². The van der Waals surface area contributed by atoms with Crippen LogP contribution in [0.25, 0.3) is 10.2 Å². The number of benzene rings is 1. The number of carbonyl (C=O) groups is 1.